The van der Waals surface area contributed by atoms with Crippen LogP contribution >= 0.6 is 0 Å². The fourth-order valence-electron chi connectivity index (χ4n) is 9.01. The third-order valence-electron chi connectivity index (χ3n) is 14.5. The Kier molecular flexibility index (Phi) is 44.5. The Morgan fingerprint density at radius 1 is 0.213 bits per heavy atom. The van der Waals surface area contributed by atoms with Gasteiger partial charge in [-0.25, -0.2) is 0 Å². The molecule has 0 aromatic carbocycles. The van der Waals surface area contributed by atoms with Crippen LogP contribution in [0.1, 0.15) is 284 Å². The Balaban J connectivity index is 4.31. The maximum Gasteiger partial charge on any atom is 0.305 e. The molecule has 0 N–H and O–H groups in total. The largest absolute Gasteiger partial charge is 0.469 e. The molecule has 0 spiro atoms. The van der Waals surface area contributed by atoms with Crippen molar-refractivity contribution in [2.75, 3.05) is 7.11 Å². The summed E-state index contributed by atoms with van der Waals surface area (Å²) >= 11 is 0. The van der Waals surface area contributed by atoms with Crippen LogP contribution in [0.2, 0.25) is 0 Å². The van der Waals surface area contributed by atoms with Crippen LogP contribution < -0.4 is 0 Å². The van der Waals surface area contributed by atoms with Gasteiger partial charge >= 0.3 is 5.97 Å². The third-order valence-corrected chi connectivity index (χ3v) is 14.5. The SMILES string of the molecule is COC(=O)CC/C=C(/C)CC/C=C(/C)CC/C=C(/C)CC/C=C(/C)CC/C=C(/C)CC/C=C(/C)CC/C=C(/C)CC/C=C(/C)CC/C=C(/C)CC/C=C(/C)CC/C=C(/C)CC/C=C(\C)CC/C=C(\C)CCC=C(C)C. The Morgan fingerprint density at radius 2 is 0.333 bits per heavy atom. The van der Waals surface area contributed by atoms with Crippen LogP contribution in [-0.4, -0.2) is 13.1 Å². The van der Waals surface area contributed by atoms with Gasteiger partial charge in [0.2, 0.25) is 0 Å². The molecule has 0 radical (unpaired) electrons. The maximum atomic E-state index is 11.3. The van der Waals surface area contributed by atoms with E-state index in [4.69, 9.17) is 4.74 Å². The molecule has 0 unspecified atom stereocenters. The van der Waals surface area contributed by atoms with E-state index in [0.29, 0.717) is 6.42 Å². The van der Waals surface area contributed by atoms with Gasteiger partial charge in [0.05, 0.1) is 7.11 Å². The Morgan fingerprint density at radius 3 is 0.453 bits per heavy atom. The van der Waals surface area contributed by atoms with Gasteiger partial charge in [-0.15, -0.1) is 0 Å². The second-order valence-corrected chi connectivity index (χ2v) is 23.1. The molecule has 75 heavy (non-hydrogen) atoms. The normalized spacial score (nSPS) is 14.9. The van der Waals surface area contributed by atoms with Crippen LogP contribution in [0.15, 0.2) is 163 Å². The third kappa shape index (κ3) is 48.0. The first-order valence-electron chi connectivity index (χ1n) is 30.0. The van der Waals surface area contributed by atoms with Crippen molar-refractivity contribution in [1.82, 2.24) is 0 Å². The average molecular weight is 1030 g/mol. The second-order valence-electron chi connectivity index (χ2n) is 23.1. The van der Waals surface area contributed by atoms with Crippen LogP contribution in [0.4, 0.5) is 0 Å². The van der Waals surface area contributed by atoms with E-state index in [1.807, 2.05) is 0 Å². The van der Waals surface area contributed by atoms with E-state index in [-0.39, 0.29) is 5.97 Å². The van der Waals surface area contributed by atoms with Crippen molar-refractivity contribution in [2.24, 2.45) is 0 Å². The number of hydrogen-bond acceptors (Lipinski definition) is 2. The summed E-state index contributed by atoms with van der Waals surface area (Å²) in [6, 6.07) is 0. The second kappa shape index (κ2) is 47.1. The zero-order valence-corrected chi connectivity index (χ0v) is 52.2. The zero-order chi connectivity index (χ0) is 56.1. The molecule has 0 rings (SSSR count). The van der Waals surface area contributed by atoms with E-state index in [2.05, 4.69) is 189 Å². The fourth-order valence-corrected chi connectivity index (χ4v) is 9.01. The number of allylic oxidation sites excluding steroid dienone is 28. The van der Waals surface area contributed by atoms with Crippen LogP contribution in [0.25, 0.3) is 0 Å². The summed E-state index contributed by atoms with van der Waals surface area (Å²) in [7, 11) is 1.45. The molecule has 0 saturated carbocycles. The summed E-state index contributed by atoms with van der Waals surface area (Å²) in [5, 5.41) is 0. The highest BCUT2D eigenvalue weighted by atomic mass is 16.5. The summed E-state index contributed by atoms with van der Waals surface area (Å²) in [5.41, 5.74) is 21.0. The van der Waals surface area contributed by atoms with Crippen molar-refractivity contribution in [2.45, 2.75) is 284 Å². The summed E-state index contributed by atoms with van der Waals surface area (Å²) in [4.78, 5) is 11.3. The average Bonchev–Trinajstić information content (AvgIpc) is 3.33. The molecule has 0 saturated heterocycles. The molecule has 0 heterocycles. The van der Waals surface area contributed by atoms with Gasteiger partial charge in [0, 0.05) is 6.42 Å². The molecule has 0 amide bonds. The number of carbonyl (C=O) groups excluding carboxylic acids is 1. The van der Waals surface area contributed by atoms with Crippen LogP contribution in [0.3, 0.4) is 0 Å². The molecule has 2 heteroatoms. The van der Waals surface area contributed by atoms with Gasteiger partial charge in [0.15, 0.2) is 0 Å². The number of carbonyl (C=O) groups is 1. The maximum absolute atomic E-state index is 11.3. The minimum Gasteiger partial charge on any atom is -0.469 e. The highest BCUT2D eigenvalue weighted by molar-refractivity contribution is 5.69. The summed E-state index contributed by atoms with van der Waals surface area (Å²) in [6.45, 7) is 34.1. The minimum absolute atomic E-state index is 0.137. The number of methoxy groups -OCH3 is 1. The van der Waals surface area contributed by atoms with Crippen molar-refractivity contribution in [3.63, 3.8) is 0 Å². The first kappa shape index (κ1) is 70.8. The predicted octanol–water partition coefficient (Wildman–Crippen LogP) is 24.4. The monoisotopic (exact) mass is 1030 g/mol. The topological polar surface area (TPSA) is 26.3 Å². The van der Waals surface area contributed by atoms with Crippen molar-refractivity contribution in [3.05, 3.63) is 163 Å². The summed E-state index contributed by atoms with van der Waals surface area (Å²) in [5.74, 6) is -0.137. The van der Waals surface area contributed by atoms with Crippen molar-refractivity contribution >= 4 is 5.97 Å². The quantitative estimate of drug-likeness (QED) is 0.0450. The van der Waals surface area contributed by atoms with Gasteiger partial charge in [-0.3, -0.25) is 4.79 Å². The fraction of sp³-hybridized carbons (Fsp3) is 0.603. The molecule has 0 bridgehead atoms. The Hall–Kier alpha value is -4.17. The lowest BCUT2D eigenvalue weighted by atomic mass is 10.0. The molecule has 0 aromatic heterocycles. The lowest BCUT2D eigenvalue weighted by Crippen LogP contribution is -1.98. The van der Waals surface area contributed by atoms with Crippen molar-refractivity contribution in [1.29, 1.82) is 0 Å². The zero-order valence-electron chi connectivity index (χ0n) is 52.2. The molecule has 0 atom stereocenters. The lowest BCUT2D eigenvalue weighted by molar-refractivity contribution is -0.140. The Labute approximate surface area is 467 Å². The first-order valence-corrected chi connectivity index (χ1v) is 30.0. The molecule has 0 aromatic rings. The van der Waals surface area contributed by atoms with E-state index in [9.17, 15) is 4.79 Å². The molecule has 0 aliphatic carbocycles. The molecule has 2 nitrogen and oxygen atoms in total. The molecular formula is C73H118O2. The Bertz CT molecular complexity index is 2040. The van der Waals surface area contributed by atoms with E-state index in [0.717, 1.165) is 116 Å². The number of hydrogen-bond donors (Lipinski definition) is 0. The molecule has 0 fully saturated rings. The minimum atomic E-state index is -0.137. The van der Waals surface area contributed by atoms with Crippen LogP contribution in [0, 0.1) is 0 Å². The molecular weight excluding hydrogens is 909 g/mol. The van der Waals surface area contributed by atoms with Gasteiger partial charge in [-0.2, -0.15) is 0 Å². The molecule has 0 aliphatic rings. The predicted molar refractivity (Wildman–Crippen MR) is 340 cm³/mol. The summed E-state index contributed by atoms with van der Waals surface area (Å²) in [6.07, 6.45) is 65.1. The van der Waals surface area contributed by atoms with E-state index in [1.165, 1.54) is 143 Å². The van der Waals surface area contributed by atoms with E-state index >= 15 is 0 Å². The van der Waals surface area contributed by atoms with Crippen molar-refractivity contribution in [3.8, 4) is 0 Å². The molecule has 0 aliphatic heterocycles. The highest BCUT2D eigenvalue weighted by Crippen LogP contribution is 2.20. The molecule has 422 valence electrons. The van der Waals surface area contributed by atoms with Crippen LogP contribution in [-0.2, 0) is 9.53 Å². The summed E-state index contributed by atoms with van der Waals surface area (Å²) < 4.78 is 4.72. The van der Waals surface area contributed by atoms with Crippen molar-refractivity contribution < 1.29 is 9.53 Å². The van der Waals surface area contributed by atoms with Crippen LogP contribution in [0.5, 0.6) is 0 Å². The van der Waals surface area contributed by atoms with E-state index < -0.39 is 0 Å². The van der Waals surface area contributed by atoms with Gasteiger partial charge < -0.3 is 4.74 Å². The van der Waals surface area contributed by atoms with Gasteiger partial charge in [0.25, 0.3) is 0 Å². The standard InChI is InChI=1S/C73H118O2/c1-59(2)31-17-32-60(3)33-18-34-61(4)35-19-36-62(5)37-20-38-63(6)39-21-40-64(7)41-22-42-65(8)43-23-44-66(9)45-24-46-67(10)47-25-48-68(11)49-26-50-69(12)51-27-52-70(13)53-28-54-71(14)55-29-56-72(15)57-30-58-73(74)75-16/h31,33,35,37,39,41,43,45,47,49,51,53,55,57H,17-30,32,34,36,38,40,42,44,46,48,50,52,54,56,58H2,1-16H3/b60-33+,61-35+,62-37-,63-39-,64-41-,65-43-,66-45-,67-47-,68-49-,69-51-,70-53-,71-55-,72-57-. The highest BCUT2D eigenvalue weighted by Gasteiger charge is 2.01. The lowest BCUT2D eigenvalue weighted by Gasteiger charge is -2.04. The first-order chi connectivity index (χ1) is 35.8. The number of esters is 1. The number of ether oxygens (including phenoxy) is 1. The van der Waals surface area contributed by atoms with E-state index in [1.54, 1.807) is 0 Å². The van der Waals surface area contributed by atoms with Gasteiger partial charge in [0.1, 0.15) is 0 Å². The smallest absolute Gasteiger partial charge is 0.305 e. The van der Waals surface area contributed by atoms with Gasteiger partial charge in [-0.1, -0.05) is 163 Å². The van der Waals surface area contributed by atoms with Gasteiger partial charge in [-0.05, 0) is 277 Å². The number of rotatable bonds is 42.